The zero-order chi connectivity index (χ0) is 16.8. The van der Waals surface area contributed by atoms with Crippen LogP contribution in [0.5, 0.6) is 5.75 Å². The topological polar surface area (TPSA) is 47.6 Å². The van der Waals surface area contributed by atoms with E-state index in [4.69, 9.17) is 9.47 Å². The largest absolute Gasteiger partial charge is 0.494 e. The lowest BCUT2D eigenvalue weighted by atomic mass is 9.97. The number of carbonyl (C=O) groups excluding carboxylic acids is 1. The van der Waals surface area contributed by atoms with Crippen LogP contribution in [0.1, 0.15) is 30.5 Å². The third-order valence-electron chi connectivity index (χ3n) is 4.24. The number of hydrogen-bond acceptors (Lipinski definition) is 3. The van der Waals surface area contributed by atoms with Crippen LogP contribution < -0.4 is 10.1 Å². The molecule has 0 aromatic heterocycles. The predicted molar refractivity (Wildman–Crippen MR) is 93.0 cm³/mol. The summed E-state index contributed by atoms with van der Waals surface area (Å²) >= 11 is 0. The summed E-state index contributed by atoms with van der Waals surface area (Å²) in [7, 11) is 0. The first-order valence-electron chi connectivity index (χ1n) is 8.43. The summed E-state index contributed by atoms with van der Waals surface area (Å²) < 4.78 is 10.8. The van der Waals surface area contributed by atoms with Gasteiger partial charge in [0.25, 0.3) is 0 Å². The molecule has 2 aromatic rings. The highest BCUT2D eigenvalue weighted by molar-refractivity contribution is 5.80. The smallest absolute Gasteiger partial charge is 0.226 e. The van der Waals surface area contributed by atoms with Gasteiger partial charge in [-0.1, -0.05) is 42.5 Å². The molecule has 1 aliphatic heterocycles. The van der Waals surface area contributed by atoms with E-state index in [2.05, 4.69) is 5.32 Å². The first-order valence-corrected chi connectivity index (χ1v) is 8.43. The van der Waals surface area contributed by atoms with Crippen LogP contribution in [0.25, 0.3) is 0 Å². The lowest BCUT2D eigenvalue weighted by Crippen LogP contribution is -2.34. The molecule has 1 heterocycles. The van der Waals surface area contributed by atoms with Crippen molar-refractivity contribution in [2.24, 2.45) is 5.92 Å². The lowest BCUT2D eigenvalue weighted by molar-refractivity contribution is -0.125. The molecule has 24 heavy (non-hydrogen) atoms. The van der Waals surface area contributed by atoms with Gasteiger partial charge in [0.2, 0.25) is 5.91 Å². The van der Waals surface area contributed by atoms with E-state index in [1.165, 1.54) is 0 Å². The molecular weight excluding hydrogens is 302 g/mol. The van der Waals surface area contributed by atoms with Gasteiger partial charge < -0.3 is 14.8 Å². The van der Waals surface area contributed by atoms with Gasteiger partial charge in [-0.25, -0.2) is 0 Å². The first-order chi connectivity index (χ1) is 11.8. The minimum Gasteiger partial charge on any atom is -0.494 e. The second kappa shape index (κ2) is 7.97. The SMILES string of the molecule is CCOc1ccc([C@H](NC(=O)[C@H]2CCOC2)c2ccccc2)cc1. The van der Waals surface area contributed by atoms with Gasteiger partial charge in [-0.3, -0.25) is 4.79 Å². The Hall–Kier alpha value is -2.33. The maximum atomic E-state index is 12.6. The Kier molecular flexibility index (Phi) is 5.49. The van der Waals surface area contributed by atoms with Crippen LogP contribution in [0, 0.1) is 5.92 Å². The lowest BCUT2D eigenvalue weighted by Gasteiger charge is -2.22. The Morgan fingerprint density at radius 3 is 2.50 bits per heavy atom. The van der Waals surface area contributed by atoms with E-state index in [9.17, 15) is 4.79 Å². The zero-order valence-corrected chi connectivity index (χ0v) is 13.9. The highest BCUT2D eigenvalue weighted by atomic mass is 16.5. The summed E-state index contributed by atoms with van der Waals surface area (Å²) in [6.07, 6.45) is 0.788. The highest BCUT2D eigenvalue weighted by Gasteiger charge is 2.26. The quantitative estimate of drug-likeness (QED) is 0.886. The number of hydrogen-bond donors (Lipinski definition) is 1. The third kappa shape index (κ3) is 3.95. The zero-order valence-electron chi connectivity index (χ0n) is 13.9. The molecule has 0 bridgehead atoms. The maximum Gasteiger partial charge on any atom is 0.226 e. The van der Waals surface area contributed by atoms with Crippen LogP contribution in [0.15, 0.2) is 54.6 Å². The number of ether oxygens (including phenoxy) is 2. The van der Waals surface area contributed by atoms with E-state index in [0.29, 0.717) is 19.8 Å². The summed E-state index contributed by atoms with van der Waals surface area (Å²) in [6, 6.07) is 17.8. The molecule has 0 aliphatic carbocycles. The predicted octanol–water partition coefficient (Wildman–Crippen LogP) is 3.33. The molecule has 0 radical (unpaired) electrons. The monoisotopic (exact) mass is 325 g/mol. The van der Waals surface area contributed by atoms with E-state index in [-0.39, 0.29) is 17.9 Å². The molecule has 1 aliphatic rings. The normalized spacial score (nSPS) is 18.1. The minimum atomic E-state index is -0.171. The fraction of sp³-hybridized carbons (Fsp3) is 0.350. The van der Waals surface area contributed by atoms with E-state index < -0.39 is 0 Å². The maximum absolute atomic E-state index is 12.6. The Bertz CT molecular complexity index is 648. The first kappa shape index (κ1) is 16.5. The molecule has 4 nitrogen and oxygen atoms in total. The Labute approximate surface area is 142 Å². The Morgan fingerprint density at radius 2 is 1.88 bits per heavy atom. The van der Waals surface area contributed by atoms with Crippen LogP contribution >= 0.6 is 0 Å². The molecule has 1 N–H and O–H groups in total. The van der Waals surface area contributed by atoms with Crippen molar-refractivity contribution in [1.82, 2.24) is 5.32 Å². The fourth-order valence-corrected chi connectivity index (χ4v) is 2.93. The van der Waals surface area contributed by atoms with Crippen molar-refractivity contribution in [2.45, 2.75) is 19.4 Å². The molecular formula is C20H23NO3. The molecule has 126 valence electrons. The molecule has 0 saturated carbocycles. The number of nitrogens with one attached hydrogen (secondary N) is 1. The molecule has 3 rings (SSSR count). The molecule has 1 saturated heterocycles. The van der Waals surface area contributed by atoms with Gasteiger partial charge >= 0.3 is 0 Å². The van der Waals surface area contributed by atoms with Crippen LogP contribution in [0.4, 0.5) is 0 Å². The van der Waals surface area contributed by atoms with E-state index in [1.807, 2.05) is 61.5 Å². The number of benzene rings is 2. The van der Waals surface area contributed by atoms with Gasteiger partial charge in [-0.2, -0.15) is 0 Å². The average molecular weight is 325 g/mol. The van der Waals surface area contributed by atoms with Gasteiger partial charge in [-0.15, -0.1) is 0 Å². The molecule has 1 fully saturated rings. The van der Waals surface area contributed by atoms with Crippen molar-refractivity contribution in [3.8, 4) is 5.75 Å². The number of carbonyl (C=O) groups is 1. The number of amides is 1. The van der Waals surface area contributed by atoms with Crippen LogP contribution in [0.3, 0.4) is 0 Å². The minimum absolute atomic E-state index is 0.0511. The van der Waals surface area contributed by atoms with Gasteiger partial charge in [0.05, 0.1) is 25.2 Å². The van der Waals surface area contributed by atoms with Crippen molar-refractivity contribution in [3.63, 3.8) is 0 Å². The van der Waals surface area contributed by atoms with Crippen molar-refractivity contribution in [3.05, 3.63) is 65.7 Å². The van der Waals surface area contributed by atoms with Crippen molar-refractivity contribution >= 4 is 5.91 Å². The van der Waals surface area contributed by atoms with Crippen LogP contribution in [-0.2, 0) is 9.53 Å². The van der Waals surface area contributed by atoms with Crippen molar-refractivity contribution in [2.75, 3.05) is 19.8 Å². The average Bonchev–Trinajstić information content (AvgIpc) is 3.16. The second-order valence-electron chi connectivity index (χ2n) is 5.91. The summed E-state index contributed by atoms with van der Waals surface area (Å²) in [6.45, 7) is 3.78. The van der Waals surface area contributed by atoms with E-state index in [1.54, 1.807) is 0 Å². The summed E-state index contributed by atoms with van der Waals surface area (Å²) in [5.41, 5.74) is 2.10. The van der Waals surface area contributed by atoms with E-state index in [0.717, 1.165) is 23.3 Å². The van der Waals surface area contributed by atoms with Crippen LogP contribution in [-0.4, -0.2) is 25.7 Å². The van der Waals surface area contributed by atoms with E-state index >= 15 is 0 Å². The summed E-state index contributed by atoms with van der Waals surface area (Å²) in [5.74, 6) is 0.831. The number of rotatable bonds is 6. The molecule has 4 heteroatoms. The molecule has 2 aromatic carbocycles. The molecule has 0 spiro atoms. The molecule has 1 amide bonds. The van der Waals surface area contributed by atoms with Gasteiger partial charge in [-0.05, 0) is 36.6 Å². The standard InChI is InChI=1S/C20H23NO3/c1-2-24-18-10-8-16(9-11-18)19(15-6-4-3-5-7-15)21-20(22)17-12-13-23-14-17/h3-11,17,19H,2,12-14H2,1H3,(H,21,22)/t17-,19+/m0/s1. The second-order valence-corrected chi connectivity index (χ2v) is 5.91. The van der Waals surface area contributed by atoms with Crippen molar-refractivity contribution in [1.29, 1.82) is 0 Å². The van der Waals surface area contributed by atoms with Gasteiger partial charge in [0.15, 0.2) is 0 Å². The Balaban J connectivity index is 1.83. The van der Waals surface area contributed by atoms with Crippen LogP contribution in [0.2, 0.25) is 0 Å². The summed E-state index contributed by atoms with van der Waals surface area (Å²) in [5, 5.41) is 3.18. The van der Waals surface area contributed by atoms with Crippen molar-refractivity contribution < 1.29 is 14.3 Å². The highest BCUT2D eigenvalue weighted by Crippen LogP contribution is 2.25. The van der Waals surface area contributed by atoms with Gasteiger partial charge in [0, 0.05) is 6.61 Å². The third-order valence-corrected chi connectivity index (χ3v) is 4.24. The Morgan fingerprint density at radius 1 is 1.17 bits per heavy atom. The molecule has 2 atom stereocenters. The van der Waals surface area contributed by atoms with Gasteiger partial charge in [0.1, 0.15) is 5.75 Å². The summed E-state index contributed by atoms with van der Waals surface area (Å²) in [4.78, 5) is 12.6. The fourth-order valence-electron chi connectivity index (χ4n) is 2.93. The molecule has 0 unspecified atom stereocenters.